The van der Waals surface area contributed by atoms with E-state index >= 15 is 0 Å². The highest BCUT2D eigenvalue weighted by Crippen LogP contribution is 2.35. The van der Waals surface area contributed by atoms with Crippen LogP contribution in [-0.2, 0) is 24.1 Å². The first-order valence-corrected chi connectivity index (χ1v) is 12.4. The Morgan fingerprint density at radius 3 is 2.56 bits per heavy atom. The first kappa shape index (κ1) is 23.5. The number of hydrogen-bond donors (Lipinski definition) is 1. The highest BCUT2D eigenvalue weighted by molar-refractivity contribution is 6.36. The van der Waals surface area contributed by atoms with Gasteiger partial charge in [-0.15, -0.1) is 0 Å². The van der Waals surface area contributed by atoms with E-state index in [1.165, 1.54) is 22.6 Å². The smallest absolute Gasteiger partial charge is 0.253 e. The summed E-state index contributed by atoms with van der Waals surface area (Å²) >= 11 is 13.0. The number of amides is 2. The lowest BCUT2D eigenvalue weighted by atomic mass is 9.92. The molecule has 34 heavy (non-hydrogen) atoms. The Balaban J connectivity index is 1.25. The third kappa shape index (κ3) is 4.54. The number of piperidine rings is 1. The maximum absolute atomic E-state index is 13.4. The van der Waals surface area contributed by atoms with Gasteiger partial charge in [0.2, 0.25) is 5.91 Å². The first-order chi connectivity index (χ1) is 16.2. The molecule has 2 fully saturated rings. The number of benzene rings is 1. The van der Waals surface area contributed by atoms with Gasteiger partial charge in [0.05, 0.1) is 6.20 Å². The SMILES string of the molecule is O=C(c1cc(Cl)c(C[C@@H]2CCN([C@H]3CCc4[nH]ncc4C3)C2=O)c(Cl)c1)N1CCC(F)(F)CC1. The van der Waals surface area contributed by atoms with Crippen molar-refractivity contribution in [2.24, 2.45) is 5.92 Å². The lowest BCUT2D eigenvalue weighted by molar-refractivity contribution is -0.133. The summed E-state index contributed by atoms with van der Waals surface area (Å²) in [6.45, 7) is 0.695. The fourth-order valence-electron chi connectivity index (χ4n) is 5.37. The molecule has 1 aromatic heterocycles. The second-order valence-corrected chi connectivity index (χ2v) is 10.4. The predicted octanol–water partition coefficient (Wildman–Crippen LogP) is 4.54. The minimum atomic E-state index is -2.73. The second-order valence-electron chi connectivity index (χ2n) is 9.56. The minimum absolute atomic E-state index is 0.00326. The molecule has 10 heteroatoms. The van der Waals surface area contributed by atoms with E-state index in [0.717, 1.165) is 31.4 Å². The van der Waals surface area contributed by atoms with E-state index in [1.54, 1.807) is 0 Å². The van der Waals surface area contributed by atoms with E-state index in [1.807, 2.05) is 11.1 Å². The molecule has 2 aliphatic heterocycles. The average Bonchev–Trinajstić information content (AvgIpc) is 3.41. The van der Waals surface area contributed by atoms with E-state index in [4.69, 9.17) is 23.2 Å². The number of aromatic amines is 1. The van der Waals surface area contributed by atoms with E-state index in [-0.39, 0.29) is 55.3 Å². The Hall–Kier alpha value is -2.19. The predicted molar refractivity (Wildman–Crippen MR) is 124 cm³/mol. The third-order valence-electron chi connectivity index (χ3n) is 7.40. The molecular weight excluding hydrogens is 485 g/mol. The van der Waals surface area contributed by atoms with Crippen molar-refractivity contribution in [3.63, 3.8) is 0 Å². The molecule has 182 valence electrons. The van der Waals surface area contributed by atoms with Crippen LogP contribution in [0.5, 0.6) is 0 Å². The van der Waals surface area contributed by atoms with Gasteiger partial charge in [0.1, 0.15) is 0 Å². The Bertz CT molecular complexity index is 1090. The number of fused-ring (bicyclic) bond motifs is 1. The zero-order valence-corrected chi connectivity index (χ0v) is 20.1. The number of nitrogens with zero attached hydrogens (tertiary/aromatic N) is 3. The van der Waals surface area contributed by atoms with Crippen LogP contribution in [-0.4, -0.2) is 63.4 Å². The number of carbonyl (C=O) groups excluding carboxylic acids is 2. The number of aryl methyl sites for hydroxylation is 1. The van der Waals surface area contributed by atoms with Crippen molar-refractivity contribution < 1.29 is 18.4 Å². The summed E-state index contributed by atoms with van der Waals surface area (Å²) < 4.78 is 26.9. The van der Waals surface area contributed by atoms with E-state index in [2.05, 4.69) is 10.2 Å². The molecule has 2 saturated heterocycles. The summed E-state index contributed by atoms with van der Waals surface area (Å²) in [7, 11) is 0. The molecule has 6 nitrogen and oxygen atoms in total. The molecule has 3 heterocycles. The van der Waals surface area contributed by atoms with Crippen molar-refractivity contribution in [2.45, 2.75) is 56.9 Å². The molecule has 2 amide bonds. The molecule has 0 radical (unpaired) electrons. The summed E-state index contributed by atoms with van der Waals surface area (Å²) in [6.07, 6.45) is 4.89. The Morgan fingerprint density at radius 2 is 1.85 bits per heavy atom. The highest BCUT2D eigenvalue weighted by Gasteiger charge is 2.39. The molecular formula is C24H26Cl2F2N4O2. The maximum atomic E-state index is 13.4. The minimum Gasteiger partial charge on any atom is -0.339 e. The lowest BCUT2D eigenvalue weighted by Gasteiger charge is -2.32. The van der Waals surface area contributed by atoms with Gasteiger partial charge in [-0.05, 0) is 55.4 Å². The molecule has 3 aliphatic rings. The van der Waals surface area contributed by atoms with Crippen LogP contribution in [0.2, 0.25) is 10.0 Å². The van der Waals surface area contributed by atoms with Crippen LogP contribution in [0.15, 0.2) is 18.3 Å². The van der Waals surface area contributed by atoms with Crippen molar-refractivity contribution >= 4 is 35.0 Å². The normalized spacial score (nSPS) is 24.4. The Labute approximate surface area is 206 Å². The van der Waals surface area contributed by atoms with Gasteiger partial charge in [-0.2, -0.15) is 5.10 Å². The largest absolute Gasteiger partial charge is 0.339 e. The van der Waals surface area contributed by atoms with Crippen molar-refractivity contribution in [3.8, 4) is 0 Å². The molecule has 0 saturated carbocycles. The van der Waals surface area contributed by atoms with Gasteiger partial charge in [-0.3, -0.25) is 14.7 Å². The molecule has 2 atom stereocenters. The zero-order valence-electron chi connectivity index (χ0n) is 18.6. The number of likely N-dealkylation sites (tertiary alicyclic amines) is 2. The van der Waals surface area contributed by atoms with E-state index < -0.39 is 5.92 Å². The highest BCUT2D eigenvalue weighted by atomic mass is 35.5. The van der Waals surface area contributed by atoms with Gasteiger partial charge in [0.15, 0.2) is 0 Å². The number of halogens is 4. The Morgan fingerprint density at radius 1 is 1.15 bits per heavy atom. The average molecular weight is 511 g/mol. The summed E-state index contributed by atoms with van der Waals surface area (Å²) in [5, 5.41) is 7.79. The van der Waals surface area contributed by atoms with Gasteiger partial charge < -0.3 is 9.80 Å². The van der Waals surface area contributed by atoms with Crippen LogP contribution in [0, 0.1) is 5.92 Å². The molecule has 0 bridgehead atoms. The van der Waals surface area contributed by atoms with E-state index in [9.17, 15) is 18.4 Å². The molecule has 2 aromatic rings. The summed E-state index contributed by atoms with van der Waals surface area (Å²) in [6, 6.07) is 3.25. The van der Waals surface area contributed by atoms with E-state index in [0.29, 0.717) is 28.6 Å². The van der Waals surface area contributed by atoms with Crippen molar-refractivity contribution in [1.29, 1.82) is 0 Å². The van der Waals surface area contributed by atoms with Gasteiger partial charge >= 0.3 is 0 Å². The fourth-order valence-corrected chi connectivity index (χ4v) is 6.01. The maximum Gasteiger partial charge on any atom is 0.253 e. The number of nitrogens with one attached hydrogen (secondary N) is 1. The standard InChI is InChI=1S/C24H26Cl2F2N4O2/c25-19-11-15(22(33)31-7-4-24(27,28)5-8-31)12-20(26)18(19)10-14-3-6-32(23(14)34)17-1-2-21-16(9-17)13-29-30-21/h11-14,17H,1-10H2,(H,29,30)/t14-,17-/m0/s1. The van der Waals surface area contributed by atoms with Crippen molar-refractivity contribution in [3.05, 3.63) is 50.8 Å². The van der Waals surface area contributed by atoms with Gasteiger partial charge in [0, 0.05) is 65.7 Å². The monoisotopic (exact) mass is 510 g/mol. The topological polar surface area (TPSA) is 69.3 Å². The van der Waals surface area contributed by atoms with Crippen LogP contribution >= 0.6 is 23.2 Å². The molecule has 1 aliphatic carbocycles. The third-order valence-corrected chi connectivity index (χ3v) is 8.08. The number of alkyl halides is 2. The molecule has 5 rings (SSSR count). The van der Waals surface area contributed by atoms with Crippen molar-refractivity contribution in [2.75, 3.05) is 19.6 Å². The van der Waals surface area contributed by atoms with Gasteiger partial charge in [-0.25, -0.2) is 8.78 Å². The van der Waals surface area contributed by atoms with Crippen LogP contribution in [0.1, 0.15) is 52.9 Å². The summed E-state index contributed by atoms with van der Waals surface area (Å²) in [5.41, 5.74) is 3.26. The van der Waals surface area contributed by atoms with Gasteiger partial charge in [0.25, 0.3) is 11.8 Å². The van der Waals surface area contributed by atoms with Crippen LogP contribution in [0.3, 0.4) is 0 Å². The number of carbonyl (C=O) groups is 2. The molecule has 1 N–H and O–H groups in total. The van der Waals surface area contributed by atoms with Crippen molar-refractivity contribution in [1.82, 2.24) is 20.0 Å². The Kier molecular flexibility index (Phi) is 6.31. The van der Waals surface area contributed by atoms with Crippen LogP contribution in [0.4, 0.5) is 8.78 Å². The van der Waals surface area contributed by atoms with Gasteiger partial charge in [-0.1, -0.05) is 23.2 Å². The molecule has 0 spiro atoms. The number of hydrogen-bond acceptors (Lipinski definition) is 3. The van der Waals surface area contributed by atoms with Crippen LogP contribution in [0.25, 0.3) is 0 Å². The first-order valence-electron chi connectivity index (χ1n) is 11.7. The zero-order chi connectivity index (χ0) is 24.0. The molecule has 1 aromatic carbocycles. The number of rotatable bonds is 4. The quantitative estimate of drug-likeness (QED) is 0.656. The fraction of sp³-hybridized carbons (Fsp3) is 0.542. The lowest BCUT2D eigenvalue weighted by Crippen LogP contribution is -2.42. The van der Waals surface area contributed by atoms with Crippen LogP contribution < -0.4 is 0 Å². The molecule has 0 unspecified atom stereocenters. The second kappa shape index (κ2) is 9.11. The number of aromatic nitrogens is 2. The summed E-state index contributed by atoms with van der Waals surface area (Å²) in [5.74, 6) is -3.19. The number of H-pyrrole nitrogens is 1. The summed E-state index contributed by atoms with van der Waals surface area (Å²) in [4.78, 5) is 29.4.